The summed E-state index contributed by atoms with van der Waals surface area (Å²) in [6, 6.07) is 8.65. The second-order valence-corrected chi connectivity index (χ2v) is 4.50. The normalized spacial score (nSPS) is 10.3. The molecular formula is C16H17NO3. The highest BCUT2D eigenvalue weighted by Crippen LogP contribution is 2.32. The van der Waals surface area contributed by atoms with Crippen molar-refractivity contribution in [3.63, 3.8) is 0 Å². The van der Waals surface area contributed by atoms with Crippen molar-refractivity contribution in [2.45, 2.75) is 20.3 Å². The Hall–Kier alpha value is -2.36. The number of benzene rings is 1. The minimum atomic E-state index is -0.949. The van der Waals surface area contributed by atoms with Crippen molar-refractivity contribution in [2.75, 3.05) is 6.61 Å². The van der Waals surface area contributed by atoms with Crippen LogP contribution in [0.4, 0.5) is 0 Å². The van der Waals surface area contributed by atoms with Crippen molar-refractivity contribution < 1.29 is 14.6 Å². The quantitative estimate of drug-likeness (QED) is 0.903. The summed E-state index contributed by atoms with van der Waals surface area (Å²) < 4.78 is 5.71. The SMILES string of the molecule is CCCOc1ccc(C(=O)O)cc1-c1cccnc1C. The molecule has 4 heteroatoms. The number of carbonyl (C=O) groups is 1. The lowest BCUT2D eigenvalue weighted by Crippen LogP contribution is -2.01. The van der Waals surface area contributed by atoms with E-state index in [1.165, 1.54) is 0 Å². The van der Waals surface area contributed by atoms with Crippen LogP contribution in [0.3, 0.4) is 0 Å². The van der Waals surface area contributed by atoms with Crippen LogP contribution < -0.4 is 4.74 Å². The Balaban J connectivity index is 2.54. The average Bonchev–Trinajstić information content (AvgIpc) is 2.45. The molecule has 0 aliphatic rings. The molecule has 0 fully saturated rings. The lowest BCUT2D eigenvalue weighted by molar-refractivity contribution is 0.0697. The van der Waals surface area contributed by atoms with E-state index in [0.717, 1.165) is 23.2 Å². The number of carboxylic acids is 1. The van der Waals surface area contributed by atoms with E-state index in [2.05, 4.69) is 4.98 Å². The third kappa shape index (κ3) is 2.96. The Bertz CT molecular complexity index is 623. The van der Waals surface area contributed by atoms with Gasteiger partial charge in [-0.05, 0) is 37.6 Å². The van der Waals surface area contributed by atoms with Crippen LogP contribution in [0, 0.1) is 6.92 Å². The fourth-order valence-corrected chi connectivity index (χ4v) is 1.98. The molecule has 1 N–H and O–H groups in total. The van der Waals surface area contributed by atoms with Gasteiger partial charge in [-0.15, -0.1) is 0 Å². The van der Waals surface area contributed by atoms with Gasteiger partial charge in [-0.25, -0.2) is 4.79 Å². The van der Waals surface area contributed by atoms with E-state index in [0.29, 0.717) is 12.4 Å². The molecule has 0 saturated heterocycles. The number of hydrogen-bond acceptors (Lipinski definition) is 3. The van der Waals surface area contributed by atoms with Crippen molar-refractivity contribution in [1.29, 1.82) is 0 Å². The third-order valence-corrected chi connectivity index (χ3v) is 2.99. The first-order valence-corrected chi connectivity index (χ1v) is 6.55. The van der Waals surface area contributed by atoms with Gasteiger partial charge in [0.15, 0.2) is 0 Å². The molecule has 0 spiro atoms. The Morgan fingerprint density at radius 1 is 1.30 bits per heavy atom. The number of aryl methyl sites for hydroxylation is 1. The van der Waals surface area contributed by atoms with Gasteiger partial charge in [-0.1, -0.05) is 13.0 Å². The fraction of sp³-hybridized carbons (Fsp3) is 0.250. The minimum absolute atomic E-state index is 0.243. The van der Waals surface area contributed by atoms with E-state index < -0.39 is 5.97 Å². The van der Waals surface area contributed by atoms with E-state index in [-0.39, 0.29) is 5.56 Å². The largest absolute Gasteiger partial charge is 0.493 e. The first kappa shape index (κ1) is 14.1. The van der Waals surface area contributed by atoms with Crippen LogP contribution in [0.5, 0.6) is 5.75 Å². The van der Waals surface area contributed by atoms with Crippen molar-refractivity contribution in [1.82, 2.24) is 4.98 Å². The number of aromatic carboxylic acids is 1. The zero-order valence-corrected chi connectivity index (χ0v) is 11.6. The molecule has 0 atom stereocenters. The topological polar surface area (TPSA) is 59.4 Å². The van der Waals surface area contributed by atoms with E-state index >= 15 is 0 Å². The van der Waals surface area contributed by atoms with Gasteiger partial charge in [-0.3, -0.25) is 4.98 Å². The van der Waals surface area contributed by atoms with Crippen molar-refractivity contribution in [2.24, 2.45) is 0 Å². The summed E-state index contributed by atoms with van der Waals surface area (Å²) in [4.78, 5) is 15.4. The maximum Gasteiger partial charge on any atom is 0.335 e. The number of hydrogen-bond donors (Lipinski definition) is 1. The number of pyridine rings is 1. The standard InChI is InChI=1S/C16H17NO3/c1-3-9-20-15-7-6-12(16(18)19)10-14(15)13-5-4-8-17-11(13)2/h4-8,10H,3,9H2,1-2H3,(H,18,19). The first-order chi connectivity index (χ1) is 9.63. The molecule has 0 bridgehead atoms. The lowest BCUT2D eigenvalue weighted by Gasteiger charge is -2.13. The predicted octanol–water partition coefficient (Wildman–Crippen LogP) is 3.54. The molecule has 0 saturated carbocycles. The molecule has 1 aromatic heterocycles. The van der Waals surface area contributed by atoms with Crippen LogP contribution in [-0.2, 0) is 0 Å². The van der Waals surface area contributed by atoms with Crippen LogP contribution in [-0.4, -0.2) is 22.7 Å². The van der Waals surface area contributed by atoms with Crippen molar-refractivity contribution in [3.05, 3.63) is 47.8 Å². The van der Waals surface area contributed by atoms with Crippen molar-refractivity contribution >= 4 is 5.97 Å². The molecule has 0 aliphatic heterocycles. The summed E-state index contributed by atoms with van der Waals surface area (Å²) >= 11 is 0. The zero-order valence-electron chi connectivity index (χ0n) is 11.6. The Kier molecular flexibility index (Phi) is 4.35. The van der Waals surface area contributed by atoms with Gasteiger partial charge >= 0.3 is 5.97 Å². The van der Waals surface area contributed by atoms with Gasteiger partial charge in [0, 0.05) is 23.0 Å². The molecule has 4 nitrogen and oxygen atoms in total. The number of ether oxygens (including phenoxy) is 1. The first-order valence-electron chi connectivity index (χ1n) is 6.55. The lowest BCUT2D eigenvalue weighted by atomic mass is 10.0. The van der Waals surface area contributed by atoms with Gasteiger partial charge in [0.2, 0.25) is 0 Å². The number of aromatic nitrogens is 1. The van der Waals surface area contributed by atoms with Gasteiger partial charge in [-0.2, -0.15) is 0 Å². The summed E-state index contributed by atoms with van der Waals surface area (Å²) in [5, 5.41) is 9.14. The molecule has 1 aromatic carbocycles. The monoisotopic (exact) mass is 271 g/mol. The summed E-state index contributed by atoms with van der Waals surface area (Å²) in [6.07, 6.45) is 2.61. The molecule has 0 amide bonds. The Labute approximate surface area is 118 Å². The summed E-state index contributed by atoms with van der Waals surface area (Å²) in [5.41, 5.74) is 2.74. The zero-order chi connectivity index (χ0) is 14.5. The number of rotatable bonds is 5. The van der Waals surface area contributed by atoms with Gasteiger partial charge in [0.05, 0.1) is 12.2 Å². The molecule has 2 aromatic rings. The smallest absolute Gasteiger partial charge is 0.335 e. The Morgan fingerprint density at radius 3 is 2.75 bits per heavy atom. The highest BCUT2D eigenvalue weighted by Gasteiger charge is 2.13. The second-order valence-electron chi connectivity index (χ2n) is 4.50. The molecule has 0 aliphatic carbocycles. The van der Waals surface area contributed by atoms with Crippen LogP contribution in [0.1, 0.15) is 29.4 Å². The van der Waals surface area contributed by atoms with E-state index in [1.807, 2.05) is 26.0 Å². The van der Waals surface area contributed by atoms with Crippen LogP contribution in [0.2, 0.25) is 0 Å². The Morgan fingerprint density at radius 2 is 2.10 bits per heavy atom. The van der Waals surface area contributed by atoms with E-state index in [1.54, 1.807) is 24.4 Å². The average molecular weight is 271 g/mol. The second kappa shape index (κ2) is 6.19. The van der Waals surface area contributed by atoms with Crippen molar-refractivity contribution in [3.8, 4) is 16.9 Å². The highest BCUT2D eigenvalue weighted by molar-refractivity contribution is 5.90. The van der Waals surface area contributed by atoms with Crippen LogP contribution in [0.25, 0.3) is 11.1 Å². The summed E-state index contributed by atoms with van der Waals surface area (Å²) in [6.45, 7) is 4.52. The summed E-state index contributed by atoms with van der Waals surface area (Å²) in [7, 11) is 0. The van der Waals surface area contributed by atoms with Crippen LogP contribution >= 0.6 is 0 Å². The molecule has 0 unspecified atom stereocenters. The summed E-state index contributed by atoms with van der Waals surface area (Å²) in [5.74, 6) is -0.261. The predicted molar refractivity (Wildman–Crippen MR) is 77.2 cm³/mol. The molecular weight excluding hydrogens is 254 g/mol. The van der Waals surface area contributed by atoms with Gasteiger partial charge < -0.3 is 9.84 Å². The number of nitrogens with zero attached hydrogens (tertiary/aromatic N) is 1. The van der Waals surface area contributed by atoms with E-state index in [4.69, 9.17) is 9.84 Å². The van der Waals surface area contributed by atoms with Gasteiger partial charge in [0.25, 0.3) is 0 Å². The van der Waals surface area contributed by atoms with Crippen LogP contribution in [0.15, 0.2) is 36.5 Å². The molecule has 104 valence electrons. The maximum atomic E-state index is 11.1. The third-order valence-electron chi connectivity index (χ3n) is 2.99. The molecule has 1 heterocycles. The maximum absolute atomic E-state index is 11.1. The molecule has 0 radical (unpaired) electrons. The van der Waals surface area contributed by atoms with E-state index in [9.17, 15) is 4.79 Å². The van der Waals surface area contributed by atoms with Gasteiger partial charge in [0.1, 0.15) is 5.75 Å². The molecule has 2 rings (SSSR count). The molecule has 20 heavy (non-hydrogen) atoms. The number of carboxylic acid groups (broad SMARTS) is 1. The minimum Gasteiger partial charge on any atom is -0.493 e. The fourth-order valence-electron chi connectivity index (χ4n) is 1.98. The highest BCUT2D eigenvalue weighted by atomic mass is 16.5.